The van der Waals surface area contributed by atoms with Gasteiger partial charge < -0.3 is 5.21 Å². The Morgan fingerprint density at radius 1 is 1.20 bits per heavy atom. The van der Waals surface area contributed by atoms with Gasteiger partial charge in [0.1, 0.15) is 0 Å². The number of guanidine groups is 1. The van der Waals surface area contributed by atoms with Crippen molar-refractivity contribution < 1.29 is 14.7 Å². The first-order valence-electron chi connectivity index (χ1n) is 4.76. The van der Waals surface area contributed by atoms with Gasteiger partial charge in [-0.3, -0.25) is 31.7 Å². The van der Waals surface area contributed by atoms with Crippen molar-refractivity contribution in [2.24, 2.45) is 16.6 Å². The Labute approximate surface area is 119 Å². The fourth-order valence-electron chi connectivity index (χ4n) is 1.22. The van der Waals surface area contributed by atoms with Gasteiger partial charge in [0.05, 0.1) is 20.5 Å². The van der Waals surface area contributed by atoms with Crippen LogP contribution in [0.2, 0.25) is 0 Å². The first kappa shape index (κ1) is 15.3. The normalized spacial score (nSPS) is 10.4. The Morgan fingerprint density at radius 2 is 1.80 bits per heavy atom. The lowest BCUT2D eigenvalue weighted by Gasteiger charge is -2.04. The molecule has 0 radical (unpaired) electrons. The summed E-state index contributed by atoms with van der Waals surface area (Å²) in [7, 11) is 0. The average Bonchev–Trinajstić information content (AvgIpc) is 2.34. The number of hydrazone groups is 1. The number of nitrogens with zero attached hydrogens (tertiary/aromatic N) is 4. The van der Waals surface area contributed by atoms with E-state index in [1.807, 2.05) is 0 Å². The van der Waals surface area contributed by atoms with Crippen LogP contribution < -0.4 is 11.5 Å². The lowest BCUT2D eigenvalue weighted by molar-refractivity contribution is -0.464. The number of benzene rings is 1. The molecule has 0 amide bonds. The molecule has 106 valence electrons. The topological polar surface area (TPSA) is 177 Å². The SMILES string of the molecule is NC(N)=[N+]([O-])/N=C/c1c([N+](=O)[O-])ccc(Br)c1[N+](=O)[O-]. The number of nitro benzene ring substituents is 2. The van der Waals surface area contributed by atoms with E-state index in [-0.39, 0.29) is 9.32 Å². The predicted molar refractivity (Wildman–Crippen MR) is 72.1 cm³/mol. The van der Waals surface area contributed by atoms with Crippen LogP contribution in [0.4, 0.5) is 11.4 Å². The molecule has 1 rings (SSSR count). The number of hydrogen-bond donors (Lipinski definition) is 2. The summed E-state index contributed by atoms with van der Waals surface area (Å²) in [5, 5.41) is 36.0. The minimum atomic E-state index is -0.844. The highest BCUT2D eigenvalue weighted by molar-refractivity contribution is 9.10. The molecule has 0 aliphatic heterocycles. The van der Waals surface area contributed by atoms with Crippen LogP contribution in [0.15, 0.2) is 21.7 Å². The second-order valence-corrected chi connectivity index (χ2v) is 4.14. The Morgan fingerprint density at radius 3 is 2.25 bits per heavy atom. The highest BCUT2D eigenvalue weighted by Crippen LogP contribution is 2.33. The van der Waals surface area contributed by atoms with Crippen molar-refractivity contribution in [2.45, 2.75) is 0 Å². The average molecular weight is 347 g/mol. The maximum atomic E-state index is 11.0. The Balaban J connectivity index is 3.56. The van der Waals surface area contributed by atoms with Gasteiger partial charge in [0.2, 0.25) is 0 Å². The third kappa shape index (κ3) is 3.17. The highest BCUT2D eigenvalue weighted by Gasteiger charge is 2.27. The number of nitrogens with two attached hydrogens (primary N) is 2. The number of hydrogen-bond acceptors (Lipinski definition) is 6. The van der Waals surface area contributed by atoms with Crippen LogP contribution in [-0.2, 0) is 0 Å². The second-order valence-electron chi connectivity index (χ2n) is 3.29. The van der Waals surface area contributed by atoms with Crippen molar-refractivity contribution in [3.05, 3.63) is 47.6 Å². The minimum Gasteiger partial charge on any atom is -0.722 e. The van der Waals surface area contributed by atoms with E-state index in [4.69, 9.17) is 11.5 Å². The monoisotopic (exact) mass is 346 g/mol. The first-order valence-corrected chi connectivity index (χ1v) is 5.55. The Bertz CT molecular complexity index is 638. The van der Waals surface area contributed by atoms with Crippen molar-refractivity contribution in [3.8, 4) is 0 Å². The summed E-state index contributed by atoms with van der Waals surface area (Å²) >= 11 is 2.89. The molecule has 0 bridgehead atoms. The molecule has 0 spiro atoms. The molecule has 20 heavy (non-hydrogen) atoms. The summed E-state index contributed by atoms with van der Waals surface area (Å²) in [5.41, 5.74) is 8.23. The molecule has 0 unspecified atom stereocenters. The van der Waals surface area contributed by atoms with Gasteiger partial charge in [-0.25, -0.2) is 0 Å². The van der Waals surface area contributed by atoms with Crippen LogP contribution in [0.1, 0.15) is 5.56 Å². The molecule has 0 fully saturated rings. The van der Waals surface area contributed by atoms with Gasteiger partial charge in [-0.05, 0) is 22.0 Å². The van der Waals surface area contributed by atoms with Crippen LogP contribution >= 0.6 is 15.9 Å². The van der Waals surface area contributed by atoms with Gasteiger partial charge in [-0.1, -0.05) is 0 Å². The van der Waals surface area contributed by atoms with E-state index in [0.29, 0.717) is 6.21 Å². The van der Waals surface area contributed by atoms with Gasteiger partial charge in [0.25, 0.3) is 11.4 Å². The summed E-state index contributed by atoms with van der Waals surface area (Å²) in [5.74, 6) is -0.721. The van der Waals surface area contributed by atoms with Crippen molar-refractivity contribution in [1.82, 2.24) is 0 Å². The standard InChI is InChI=1S/C8H7BrN6O5/c9-5-1-2-6(14(17)18)4(7(5)15(19)20)3-12-13(16)8(10)11/h1-3H,10-11H2/b12-3+. The number of halogens is 1. The third-order valence-electron chi connectivity index (χ3n) is 2.04. The van der Waals surface area contributed by atoms with Gasteiger partial charge in [-0.2, -0.15) is 0 Å². The third-order valence-corrected chi connectivity index (χ3v) is 2.68. The van der Waals surface area contributed by atoms with Gasteiger partial charge in [0.15, 0.2) is 5.56 Å². The maximum absolute atomic E-state index is 11.0. The molecule has 0 atom stereocenters. The van der Waals surface area contributed by atoms with Gasteiger partial charge in [-0.15, -0.1) is 9.95 Å². The molecular weight excluding hydrogens is 340 g/mol. The molecule has 0 saturated heterocycles. The Hall–Kier alpha value is -2.76. The van der Waals surface area contributed by atoms with E-state index < -0.39 is 32.7 Å². The molecule has 0 aliphatic carbocycles. The zero-order valence-electron chi connectivity index (χ0n) is 9.59. The Kier molecular flexibility index (Phi) is 4.53. The van der Waals surface area contributed by atoms with Gasteiger partial charge >= 0.3 is 5.96 Å². The van der Waals surface area contributed by atoms with Crippen molar-refractivity contribution in [1.29, 1.82) is 0 Å². The minimum absolute atomic E-state index is 0.00306. The molecule has 11 nitrogen and oxygen atoms in total. The molecule has 12 heteroatoms. The number of rotatable bonds is 4. The summed E-state index contributed by atoms with van der Waals surface area (Å²) in [6, 6.07) is 2.18. The molecule has 0 saturated carbocycles. The summed E-state index contributed by atoms with van der Waals surface area (Å²) in [6.45, 7) is 0. The molecule has 0 heterocycles. The molecule has 0 aromatic heterocycles. The second kappa shape index (κ2) is 5.92. The summed E-state index contributed by atoms with van der Waals surface area (Å²) in [4.78, 5) is 19.9. The smallest absolute Gasteiger partial charge is 0.366 e. The molecule has 1 aromatic carbocycles. The van der Waals surface area contributed by atoms with E-state index in [0.717, 1.165) is 12.1 Å². The molecular formula is C8H7BrN6O5. The van der Waals surface area contributed by atoms with Crippen LogP contribution in [0.5, 0.6) is 0 Å². The van der Waals surface area contributed by atoms with Crippen molar-refractivity contribution >= 4 is 39.5 Å². The molecule has 1 aromatic rings. The first-order chi connectivity index (χ1) is 9.25. The van der Waals surface area contributed by atoms with Gasteiger partial charge in [0, 0.05) is 6.07 Å². The zero-order chi connectivity index (χ0) is 15.4. The van der Waals surface area contributed by atoms with E-state index >= 15 is 0 Å². The van der Waals surface area contributed by atoms with Crippen molar-refractivity contribution in [3.63, 3.8) is 0 Å². The summed E-state index contributed by atoms with van der Waals surface area (Å²) in [6.07, 6.45) is 0.647. The highest BCUT2D eigenvalue weighted by atomic mass is 79.9. The van der Waals surface area contributed by atoms with Crippen LogP contribution in [-0.4, -0.2) is 26.9 Å². The van der Waals surface area contributed by atoms with Crippen molar-refractivity contribution in [2.75, 3.05) is 0 Å². The van der Waals surface area contributed by atoms with Crippen LogP contribution in [0, 0.1) is 25.4 Å². The summed E-state index contributed by atoms with van der Waals surface area (Å²) < 4.78 is -0.00306. The fourth-order valence-corrected chi connectivity index (χ4v) is 1.71. The van der Waals surface area contributed by atoms with E-state index in [1.165, 1.54) is 0 Å². The largest absolute Gasteiger partial charge is 0.722 e. The van der Waals surface area contributed by atoms with Crippen LogP contribution in [0.25, 0.3) is 0 Å². The molecule has 4 N–H and O–H groups in total. The lowest BCUT2D eigenvalue weighted by Crippen LogP contribution is -2.30. The lowest BCUT2D eigenvalue weighted by atomic mass is 10.1. The maximum Gasteiger partial charge on any atom is 0.366 e. The van der Waals surface area contributed by atoms with E-state index in [2.05, 4.69) is 21.0 Å². The quantitative estimate of drug-likeness (QED) is 0.197. The molecule has 0 aliphatic rings. The number of nitro groups is 2. The van der Waals surface area contributed by atoms with E-state index in [1.54, 1.807) is 0 Å². The van der Waals surface area contributed by atoms with E-state index in [9.17, 15) is 25.4 Å². The van der Waals surface area contributed by atoms with Crippen LogP contribution in [0.3, 0.4) is 0 Å². The zero-order valence-corrected chi connectivity index (χ0v) is 11.2. The predicted octanol–water partition coefficient (Wildman–Crippen LogP) is 0.383. The fraction of sp³-hybridized carbons (Fsp3) is 0.